The lowest BCUT2D eigenvalue weighted by Gasteiger charge is -2.07. The summed E-state index contributed by atoms with van der Waals surface area (Å²) in [6.45, 7) is 5.14. The molecule has 0 saturated carbocycles. The maximum absolute atomic E-state index is 12.3. The summed E-state index contributed by atoms with van der Waals surface area (Å²) in [5, 5.41) is 0.396. The summed E-state index contributed by atoms with van der Waals surface area (Å²) >= 11 is 0. The Morgan fingerprint density at radius 2 is 1.65 bits per heavy atom. The maximum atomic E-state index is 12.3. The molecule has 0 amide bonds. The molecule has 0 bridgehead atoms. The molecule has 132 valence electrons. The van der Waals surface area contributed by atoms with Gasteiger partial charge < -0.3 is 9.15 Å². The van der Waals surface area contributed by atoms with Crippen LogP contribution in [0.3, 0.4) is 0 Å². The summed E-state index contributed by atoms with van der Waals surface area (Å²) in [7, 11) is 0. The topological polar surface area (TPSA) is 73.6 Å². The number of esters is 1. The summed E-state index contributed by atoms with van der Waals surface area (Å²) in [4.78, 5) is 36.7. The van der Waals surface area contributed by atoms with Crippen molar-refractivity contribution in [1.82, 2.24) is 0 Å². The molecule has 0 unspecified atom stereocenters. The van der Waals surface area contributed by atoms with Crippen LogP contribution in [0.25, 0.3) is 11.0 Å². The predicted octanol–water partition coefficient (Wildman–Crippen LogP) is 3.76. The molecule has 0 aliphatic carbocycles. The van der Waals surface area contributed by atoms with Gasteiger partial charge in [-0.3, -0.25) is 9.59 Å². The first-order chi connectivity index (χ1) is 12.3. The van der Waals surface area contributed by atoms with Gasteiger partial charge in [0.05, 0.1) is 5.39 Å². The van der Waals surface area contributed by atoms with Crippen molar-refractivity contribution in [2.45, 2.75) is 20.8 Å². The van der Waals surface area contributed by atoms with Crippen LogP contribution in [0.2, 0.25) is 0 Å². The minimum Gasteiger partial charge on any atom is -0.451 e. The van der Waals surface area contributed by atoms with Gasteiger partial charge in [0.1, 0.15) is 5.58 Å². The molecule has 0 aliphatic rings. The lowest BCUT2D eigenvalue weighted by molar-refractivity contribution is 0.0444. The Morgan fingerprint density at radius 3 is 2.42 bits per heavy atom. The van der Waals surface area contributed by atoms with E-state index in [2.05, 4.69) is 0 Å². The Bertz CT molecular complexity index is 1080. The third-order valence-corrected chi connectivity index (χ3v) is 4.11. The summed E-state index contributed by atoms with van der Waals surface area (Å²) in [6.07, 6.45) is 0. The highest BCUT2D eigenvalue weighted by Gasteiger charge is 2.17. The number of hydrogen-bond acceptors (Lipinski definition) is 5. The Labute approximate surface area is 150 Å². The Hall–Kier alpha value is -3.21. The lowest BCUT2D eigenvalue weighted by Crippen LogP contribution is -2.16. The van der Waals surface area contributed by atoms with Gasteiger partial charge >= 0.3 is 5.97 Å². The normalized spacial score (nSPS) is 10.7. The number of carbonyl (C=O) groups excluding carboxylic acids is 2. The summed E-state index contributed by atoms with van der Waals surface area (Å²) in [5.74, 6) is -1.37. The average Bonchev–Trinajstić information content (AvgIpc) is 2.61. The maximum Gasteiger partial charge on any atom is 0.374 e. The molecule has 5 heteroatoms. The van der Waals surface area contributed by atoms with Crippen LogP contribution in [0.4, 0.5) is 0 Å². The van der Waals surface area contributed by atoms with E-state index < -0.39 is 12.6 Å². The van der Waals surface area contributed by atoms with E-state index in [0.717, 1.165) is 22.8 Å². The van der Waals surface area contributed by atoms with Gasteiger partial charge in [0.2, 0.25) is 11.5 Å². The average molecular weight is 350 g/mol. The van der Waals surface area contributed by atoms with Crippen molar-refractivity contribution >= 4 is 22.7 Å². The minimum absolute atomic E-state index is 0.222. The monoisotopic (exact) mass is 350 g/mol. The SMILES string of the molecule is Cc1ccc(C)c(C(=O)COC(=O)c2cc(=O)c3cc(C)ccc3o2)c1. The summed E-state index contributed by atoms with van der Waals surface area (Å²) in [6, 6.07) is 11.7. The quantitative estimate of drug-likeness (QED) is 0.529. The van der Waals surface area contributed by atoms with Crippen molar-refractivity contribution in [2.24, 2.45) is 0 Å². The van der Waals surface area contributed by atoms with Crippen molar-refractivity contribution in [3.05, 3.63) is 80.7 Å². The lowest BCUT2D eigenvalue weighted by atomic mass is 10.0. The molecule has 26 heavy (non-hydrogen) atoms. The molecular weight excluding hydrogens is 332 g/mol. The first-order valence-corrected chi connectivity index (χ1v) is 8.17. The van der Waals surface area contributed by atoms with Crippen LogP contribution in [0.1, 0.15) is 37.6 Å². The number of aryl methyl sites for hydroxylation is 3. The Morgan fingerprint density at radius 1 is 0.962 bits per heavy atom. The second kappa shape index (κ2) is 6.96. The molecule has 5 nitrogen and oxygen atoms in total. The zero-order chi connectivity index (χ0) is 18.8. The summed E-state index contributed by atoms with van der Waals surface area (Å²) in [5.41, 5.74) is 3.15. The van der Waals surface area contributed by atoms with Gasteiger partial charge in [0.15, 0.2) is 12.0 Å². The van der Waals surface area contributed by atoms with Crippen LogP contribution in [-0.4, -0.2) is 18.4 Å². The molecule has 0 radical (unpaired) electrons. The first-order valence-electron chi connectivity index (χ1n) is 8.17. The third kappa shape index (κ3) is 3.57. The number of hydrogen-bond donors (Lipinski definition) is 0. The molecule has 1 aromatic heterocycles. The fourth-order valence-corrected chi connectivity index (χ4v) is 2.69. The van der Waals surface area contributed by atoms with Crippen molar-refractivity contribution in [3.8, 4) is 0 Å². The van der Waals surface area contributed by atoms with Gasteiger partial charge in [0.25, 0.3) is 0 Å². The number of benzene rings is 2. The van der Waals surface area contributed by atoms with Crippen LogP contribution >= 0.6 is 0 Å². The molecule has 0 aliphatic heterocycles. The second-order valence-corrected chi connectivity index (χ2v) is 6.29. The molecule has 0 atom stereocenters. The van der Waals surface area contributed by atoms with E-state index >= 15 is 0 Å². The van der Waals surface area contributed by atoms with Gasteiger partial charge in [-0.05, 0) is 44.5 Å². The van der Waals surface area contributed by atoms with E-state index in [1.165, 1.54) is 0 Å². The summed E-state index contributed by atoms with van der Waals surface area (Å²) < 4.78 is 10.5. The molecule has 0 spiro atoms. The predicted molar refractivity (Wildman–Crippen MR) is 97.8 cm³/mol. The van der Waals surface area contributed by atoms with Gasteiger partial charge in [-0.25, -0.2) is 4.79 Å². The minimum atomic E-state index is -0.844. The van der Waals surface area contributed by atoms with Crippen LogP contribution in [-0.2, 0) is 4.74 Å². The van der Waals surface area contributed by atoms with Crippen LogP contribution in [0, 0.1) is 20.8 Å². The smallest absolute Gasteiger partial charge is 0.374 e. The molecular formula is C21H18O5. The zero-order valence-corrected chi connectivity index (χ0v) is 14.8. The van der Waals surface area contributed by atoms with E-state index in [-0.39, 0.29) is 17.0 Å². The molecule has 0 fully saturated rings. The highest BCUT2D eigenvalue weighted by Crippen LogP contribution is 2.15. The number of Topliss-reactive ketones (excluding diaryl/α,β-unsaturated/α-hetero) is 1. The fourth-order valence-electron chi connectivity index (χ4n) is 2.69. The van der Waals surface area contributed by atoms with Gasteiger partial charge in [-0.2, -0.15) is 0 Å². The van der Waals surface area contributed by atoms with E-state index in [4.69, 9.17) is 9.15 Å². The fraction of sp³-hybridized carbons (Fsp3) is 0.190. The van der Waals surface area contributed by atoms with Crippen LogP contribution < -0.4 is 5.43 Å². The van der Waals surface area contributed by atoms with Crippen molar-refractivity contribution < 1.29 is 18.7 Å². The molecule has 0 saturated heterocycles. The van der Waals surface area contributed by atoms with Crippen LogP contribution in [0.15, 0.2) is 51.7 Å². The van der Waals surface area contributed by atoms with Crippen LogP contribution in [0.5, 0.6) is 0 Å². The van der Waals surface area contributed by atoms with Crippen molar-refractivity contribution in [2.75, 3.05) is 6.61 Å². The van der Waals surface area contributed by atoms with E-state index in [9.17, 15) is 14.4 Å². The molecule has 3 rings (SSSR count). The van der Waals surface area contributed by atoms with E-state index in [1.807, 2.05) is 32.9 Å². The van der Waals surface area contributed by atoms with Gasteiger partial charge in [-0.1, -0.05) is 29.3 Å². The Balaban J connectivity index is 1.79. The van der Waals surface area contributed by atoms with E-state index in [0.29, 0.717) is 16.5 Å². The first kappa shape index (κ1) is 17.6. The molecule has 0 N–H and O–H groups in total. The number of rotatable bonds is 4. The Kier molecular flexibility index (Phi) is 4.71. The number of ether oxygens (including phenoxy) is 1. The van der Waals surface area contributed by atoms with Gasteiger partial charge in [-0.15, -0.1) is 0 Å². The molecule has 1 heterocycles. The number of ketones is 1. The van der Waals surface area contributed by atoms with Crippen molar-refractivity contribution in [1.29, 1.82) is 0 Å². The second-order valence-electron chi connectivity index (χ2n) is 6.29. The largest absolute Gasteiger partial charge is 0.451 e. The van der Waals surface area contributed by atoms with Gasteiger partial charge in [0, 0.05) is 11.6 Å². The zero-order valence-electron chi connectivity index (χ0n) is 14.8. The third-order valence-electron chi connectivity index (χ3n) is 4.11. The standard InChI is InChI=1S/C21H18O5/c1-12-4-6-14(3)15(8-12)18(23)11-25-21(24)20-10-17(22)16-9-13(2)5-7-19(16)26-20/h4-10H,11H2,1-3H3. The van der Waals surface area contributed by atoms with E-state index in [1.54, 1.807) is 24.3 Å². The highest BCUT2D eigenvalue weighted by atomic mass is 16.5. The van der Waals surface area contributed by atoms with Crippen molar-refractivity contribution in [3.63, 3.8) is 0 Å². The molecule has 2 aromatic carbocycles. The number of fused-ring (bicyclic) bond motifs is 1. The highest BCUT2D eigenvalue weighted by molar-refractivity contribution is 6.00. The number of carbonyl (C=O) groups is 2. The molecule has 3 aromatic rings.